The summed E-state index contributed by atoms with van der Waals surface area (Å²) in [5.74, 6) is 0. The molecular formula is C2H6BNO2. The van der Waals surface area contributed by atoms with Crippen LogP contribution in [0.4, 0.5) is 0 Å². The lowest BCUT2D eigenvalue weighted by Crippen LogP contribution is -2.20. The molecule has 0 fully saturated rings. The lowest BCUT2D eigenvalue weighted by Gasteiger charge is -1.89. The Morgan fingerprint density at radius 1 is 1.67 bits per heavy atom. The van der Waals surface area contributed by atoms with Crippen LogP contribution < -0.4 is 5.73 Å². The van der Waals surface area contributed by atoms with Crippen LogP contribution in [0.1, 0.15) is 0 Å². The van der Waals surface area contributed by atoms with E-state index in [9.17, 15) is 0 Å². The van der Waals surface area contributed by atoms with Crippen molar-refractivity contribution in [1.82, 2.24) is 0 Å². The lowest BCUT2D eigenvalue weighted by molar-refractivity contribution is 0.418. The molecule has 0 aromatic carbocycles. The van der Waals surface area contributed by atoms with Crippen molar-refractivity contribution in [3.8, 4) is 0 Å². The Labute approximate surface area is 36.2 Å². The fourth-order valence-corrected chi connectivity index (χ4v) is 0. The Hall–Kier alpha value is -0.475. The van der Waals surface area contributed by atoms with Gasteiger partial charge in [0.2, 0.25) is 0 Å². The van der Waals surface area contributed by atoms with Crippen molar-refractivity contribution in [3.05, 3.63) is 12.2 Å². The van der Waals surface area contributed by atoms with E-state index in [1.807, 2.05) is 0 Å². The lowest BCUT2D eigenvalue weighted by atomic mass is 9.88. The molecule has 3 nitrogen and oxygen atoms in total. The monoisotopic (exact) mass is 87.0 g/mol. The van der Waals surface area contributed by atoms with Crippen molar-refractivity contribution < 1.29 is 10.0 Å². The molecule has 0 atom stereocenters. The van der Waals surface area contributed by atoms with Gasteiger partial charge in [-0.3, -0.25) is 0 Å². The van der Waals surface area contributed by atoms with Gasteiger partial charge in [-0.2, -0.15) is 0 Å². The van der Waals surface area contributed by atoms with E-state index in [2.05, 4.69) is 6.58 Å². The van der Waals surface area contributed by atoms with Crippen molar-refractivity contribution in [2.24, 2.45) is 5.73 Å². The molecule has 0 unspecified atom stereocenters. The van der Waals surface area contributed by atoms with Gasteiger partial charge in [0.05, 0.1) is 0 Å². The molecule has 4 heteroatoms. The summed E-state index contributed by atoms with van der Waals surface area (Å²) in [7, 11) is -1.56. The van der Waals surface area contributed by atoms with Crippen LogP contribution >= 0.6 is 0 Å². The fourth-order valence-electron chi connectivity index (χ4n) is 0. The Kier molecular flexibility index (Phi) is 1.70. The second-order valence-electron chi connectivity index (χ2n) is 0.949. The van der Waals surface area contributed by atoms with E-state index in [0.29, 0.717) is 0 Å². The van der Waals surface area contributed by atoms with Crippen LogP contribution in [0.5, 0.6) is 0 Å². The highest BCUT2D eigenvalue weighted by atomic mass is 16.4. The van der Waals surface area contributed by atoms with Crippen molar-refractivity contribution in [2.75, 3.05) is 0 Å². The quantitative estimate of drug-likeness (QED) is 0.340. The van der Waals surface area contributed by atoms with Gasteiger partial charge in [-0.1, -0.05) is 6.58 Å². The first-order valence-electron chi connectivity index (χ1n) is 1.45. The average Bonchev–Trinajstić information content (AvgIpc) is 1.36. The molecule has 4 N–H and O–H groups in total. The third-order valence-electron chi connectivity index (χ3n) is 0.332. The third-order valence-corrected chi connectivity index (χ3v) is 0.332. The van der Waals surface area contributed by atoms with Gasteiger partial charge in [-0.05, 0) is 0 Å². The summed E-state index contributed by atoms with van der Waals surface area (Å²) < 4.78 is 0. The van der Waals surface area contributed by atoms with Crippen LogP contribution in [0.25, 0.3) is 0 Å². The zero-order valence-electron chi connectivity index (χ0n) is 3.26. The largest absolute Gasteiger partial charge is 0.504 e. The Morgan fingerprint density at radius 2 is 1.83 bits per heavy atom. The molecule has 0 radical (unpaired) electrons. The molecule has 0 spiro atoms. The molecule has 0 aromatic heterocycles. The molecule has 0 saturated heterocycles. The van der Waals surface area contributed by atoms with Crippen molar-refractivity contribution in [1.29, 1.82) is 0 Å². The highest BCUT2D eigenvalue weighted by Crippen LogP contribution is 1.73. The first-order chi connectivity index (χ1) is 2.64. The number of nitrogens with two attached hydrogens (primary N) is 1. The second-order valence-corrected chi connectivity index (χ2v) is 0.949. The molecule has 0 aliphatic rings. The Morgan fingerprint density at radius 3 is 1.83 bits per heavy atom. The van der Waals surface area contributed by atoms with E-state index in [4.69, 9.17) is 15.8 Å². The van der Waals surface area contributed by atoms with Gasteiger partial charge in [0.15, 0.2) is 0 Å². The molecule has 0 aliphatic heterocycles. The van der Waals surface area contributed by atoms with Gasteiger partial charge >= 0.3 is 7.12 Å². The normalized spacial score (nSPS) is 7.67. The van der Waals surface area contributed by atoms with E-state index in [1.54, 1.807) is 0 Å². The topological polar surface area (TPSA) is 66.5 Å². The summed E-state index contributed by atoms with van der Waals surface area (Å²) in [6, 6.07) is 0. The summed E-state index contributed by atoms with van der Waals surface area (Å²) in [6.07, 6.45) is 0. The summed E-state index contributed by atoms with van der Waals surface area (Å²) in [5.41, 5.74) is 4.61. The molecule has 0 amide bonds. The number of rotatable bonds is 1. The summed E-state index contributed by atoms with van der Waals surface area (Å²) in [5, 5.41) is 15.9. The maximum absolute atomic E-state index is 7.96. The molecule has 34 valence electrons. The molecule has 0 saturated carbocycles. The smallest absolute Gasteiger partial charge is 0.422 e. The molecule has 0 rings (SSSR count). The highest BCUT2D eigenvalue weighted by Gasteiger charge is 2.05. The fraction of sp³-hybridized carbons (Fsp3) is 0. The van der Waals surface area contributed by atoms with Gasteiger partial charge in [0.25, 0.3) is 0 Å². The van der Waals surface area contributed by atoms with Crippen LogP contribution in [0, 0.1) is 0 Å². The SMILES string of the molecule is C=C(N)B(O)O. The van der Waals surface area contributed by atoms with Gasteiger partial charge in [-0.25, -0.2) is 0 Å². The van der Waals surface area contributed by atoms with Gasteiger partial charge < -0.3 is 15.8 Å². The first kappa shape index (κ1) is 5.52. The number of hydrogen-bond donors (Lipinski definition) is 3. The molecule has 0 bridgehead atoms. The third kappa shape index (κ3) is 1.81. The summed E-state index contributed by atoms with van der Waals surface area (Å²) in [6.45, 7) is 3.03. The predicted octanol–water partition coefficient (Wildman–Crippen LogP) is -1.53. The van der Waals surface area contributed by atoms with E-state index < -0.39 is 7.12 Å². The summed E-state index contributed by atoms with van der Waals surface area (Å²) in [4.78, 5) is 0. The zero-order chi connectivity index (χ0) is 5.15. The first-order valence-corrected chi connectivity index (χ1v) is 1.45. The van der Waals surface area contributed by atoms with Crippen LogP contribution in [-0.2, 0) is 0 Å². The zero-order valence-corrected chi connectivity index (χ0v) is 3.26. The maximum Gasteiger partial charge on any atom is 0.504 e. The minimum atomic E-state index is -1.56. The maximum atomic E-state index is 7.96. The Balaban J connectivity index is 3.26. The molecular weight excluding hydrogens is 80.8 g/mol. The van der Waals surface area contributed by atoms with Crippen molar-refractivity contribution in [2.45, 2.75) is 0 Å². The second kappa shape index (κ2) is 1.84. The van der Waals surface area contributed by atoms with Crippen LogP contribution in [0.15, 0.2) is 12.2 Å². The molecule has 0 heterocycles. The van der Waals surface area contributed by atoms with E-state index in [-0.39, 0.29) is 5.60 Å². The van der Waals surface area contributed by atoms with E-state index in [1.165, 1.54) is 0 Å². The average molecular weight is 86.9 g/mol. The molecule has 6 heavy (non-hydrogen) atoms. The van der Waals surface area contributed by atoms with Crippen molar-refractivity contribution >= 4 is 7.12 Å². The highest BCUT2D eigenvalue weighted by molar-refractivity contribution is 6.50. The minimum absolute atomic E-state index is 0.130. The number of hydrogen-bond acceptors (Lipinski definition) is 3. The molecule has 0 aliphatic carbocycles. The van der Waals surface area contributed by atoms with Gasteiger partial charge in [0.1, 0.15) is 0 Å². The van der Waals surface area contributed by atoms with E-state index in [0.717, 1.165) is 0 Å². The molecule has 0 aromatic rings. The summed E-state index contributed by atoms with van der Waals surface area (Å²) >= 11 is 0. The minimum Gasteiger partial charge on any atom is -0.422 e. The standard InChI is InChI=1S/C2H6BNO2/c1-2(4)3(5)6/h5-6H,1,4H2. The van der Waals surface area contributed by atoms with Crippen LogP contribution in [0.3, 0.4) is 0 Å². The predicted molar refractivity (Wildman–Crippen MR) is 23.5 cm³/mol. The van der Waals surface area contributed by atoms with Gasteiger partial charge in [0, 0.05) is 5.60 Å². The van der Waals surface area contributed by atoms with Crippen LogP contribution in [-0.4, -0.2) is 17.2 Å². The van der Waals surface area contributed by atoms with Crippen LogP contribution in [0.2, 0.25) is 0 Å². The van der Waals surface area contributed by atoms with E-state index >= 15 is 0 Å². The van der Waals surface area contributed by atoms with Crippen molar-refractivity contribution in [3.63, 3.8) is 0 Å². The Bertz CT molecular complexity index is 62.6. The van der Waals surface area contributed by atoms with Gasteiger partial charge in [-0.15, -0.1) is 0 Å².